The summed E-state index contributed by atoms with van der Waals surface area (Å²) in [5.41, 5.74) is 0. The van der Waals surface area contributed by atoms with E-state index in [9.17, 15) is 18.0 Å². The molecule has 0 bridgehead atoms. The van der Waals surface area contributed by atoms with Gasteiger partial charge in [-0.1, -0.05) is 0 Å². The Hall–Kier alpha value is -0.820. The van der Waals surface area contributed by atoms with Crippen LogP contribution in [0.2, 0.25) is 0 Å². The zero-order valence-corrected chi connectivity index (χ0v) is 9.41. The number of hydrogen-bond donors (Lipinski definition) is 1. The molecule has 0 amide bonds. The van der Waals surface area contributed by atoms with Gasteiger partial charge in [-0.15, -0.1) is 0 Å². The summed E-state index contributed by atoms with van der Waals surface area (Å²) in [4.78, 5) is 11.3. The van der Waals surface area contributed by atoms with E-state index in [1.807, 2.05) is 0 Å². The third-order valence-electron chi connectivity index (χ3n) is 2.35. The molecular weight excluding hydrogens is 227 g/mol. The van der Waals surface area contributed by atoms with Crippen molar-refractivity contribution in [2.24, 2.45) is 0 Å². The van der Waals surface area contributed by atoms with Crippen molar-refractivity contribution in [2.75, 3.05) is 20.2 Å². The maximum absolute atomic E-state index is 12.2. The predicted molar refractivity (Wildman–Crippen MR) is 51.2 cm³/mol. The molecule has 2 unspecified atom stereocenters. The van der Waals surface area contributed by atoms with E-state index in [2.05, 4.69) is 0 Å². The average molecular weight is 243 g/mol. The summed E-state index contributed by atoms with van der Waals surface area (Å²) < 4.78 is 41.5. The van der Waals surface area contributed by atoms with Gasteiger partial charge >= 0.3 is 12.1 Å². The Balaban J connectivity index is 4.59. The molecule has 2 atom stereocenters. The molecule has 0 aromatic rings. The lowest BCUT2D eigenvalue weighted by Gasteiger charge is -2.31. The van der Waals surface area contributed by atoms with Gasteiger partial charge in [-0.05, 0) is 13.8 Å². The van der Waals surface area contributed by atoms with Crippen molar-refractivity contribution in [1.29, 1.82) is 0 Å². The summed E-state index contributed by atoms with van der Waals surface area (Å²) in [6, 6.07) is -0.622. The Morgan fingerprint density at radius 1 is 1.44 bits per heavy atom. The second-order valence-corrected chi connectivity index (χ2v) is 3.60. The van der Waals surface area contributed by atoms with E-state index in [1.165, 1.54) is 14.0 Å². The minimum Gasteiger partial charge on any atom is -0.480 e. The van der Waals surface area contributed by atoms with Crippen LogP contribution in [0.15, 0.2) is 0 Å². The molecule has 7 heteroatoms. The van der Waals surface area contributed by atoms with Crippen LogP contribution in [-0.2, 0) is 9.53 Å². The Bertz CT molecular complexity index is 233. The number of rotatable bonds is 6. The first-order chi connectivity index (χ1) is 7.17. The Labute approximate surface area is 92.0 Å². The summed E-state index contributed by atoms with van der Waals surface area (Å²) >= 11 is 0. The summed E-state index contributed by atoms with van der Waals surface area (Å²) in [5, 5.41) is 8.53. The van der Waals surface area contributed by atoms with Crippen LogP contribution in [-0.4, -0.2) is 54.5 Å². The van der Waals surface area contributed by atoms with Crippen molar-refractivity contribution in [3.63, 3.8) is 0 Å². The molecule has 0 heterocycles. The molecule has 16 heavy (non-hydrogen) atoms. The molecule has 0 aliphatic heterocycles. The largest absolute Gasteiger partial charge is 0.480 e. The van der Waals surface area contributed by atoms with Gasteiger partial charge < -0.3 is 9.84 Å². The number of nitrogens with zero attached hydrogens (tertiary/aromatic N) is 1. The fourth-order valence-electron chi connectivity index (χ4n) is 1.24. The minimum absolute atomic E-state index is 0.471. The van der Waals surface area contributed by atoms with Crippen molar-refractivity contribution in [2.45, 2.75) is 32.2 Å². The summed E-state index contributed by atoms with van der Waals surface area (Å²) in [6.45, 7) is 1.18. The number of methoxy groups -OCH3 is 1. The number of alkyl halides is 3. The van der Waals surface area contributed by atoms with Crippen LogP contribution in [0.5, 0.6) is 0 Å². The fraction of sp³-hybridized carbons (Fsp3) is 0.889. The molecule has 0 saturated carbocycles. The SMILES string of the molecule is COC(C)C(C)N(CC(=O)O)CC(F)(F)F. The highest BCUT2D eigenvalue weighted by molar-refractivity contribution is 5.69. The Morgan fingerprint density at radius 3 is 2.25 bits per heavy atom. The van der Waals surface area contributed by atoms with Gasteiger partial charge in [0.15, 0.2) is 0 Å². The lowest BCUT2D eigenvalue weighted by Crippen LogP contribution is -2.48. The van der Waals surface area contributed by atoms with Gasteiger partial charge in [-0.25, -0.2) is 0 Å². The zero-order chi connectivity index (χ0) is 12.9. The van der Waals surface area contributed by atoms with Gasteiger partial charge in [0.1, 0.15) is 0 Å². The molecule has 0 aromatic heterocycles. The summed E-state index contributed by atoms with van der Waals surface area (Å²) in [7, 11) is 1.37. The van der Waals surface area contributed by atoms with Gasteiger partial charge in [0.2, 0.25) is 0 Å². The highest BCUT2D eigenvalue weighted by atomic mass is 19.4. The van der Waals surface area contributed by atoms with Crippen molar-refractivity contribution < 1.29 is 27.8 Å². The standard InChI is InChI=1S/C9H16F3NO3/c1-6(7(2)16-3)13(4-8(14)15)5-9(10,11)12/h6-7H,4-5H2,1-3H3,(H,14,15). The van der Waals surface area contributed by atoms with E-state index >= 15 is 0 Å². The molecule has 0 fully saturated rings. The average Bonchev–Trinajstić information content (AvgIpc) is 2.11. The van der Waals surface area contributed by atoms with Crippen molar-refractivity contribution in [3.05, 3.63) is 0 Å². The van der Waals surface area contributed by atoms with Crippen LogP contribution in [0, 0.1) is 0 Å². The Kier molecular flexibility index (Phi) is 5.74. The van der Waals surface area contributed by atoms with Gasteiger partial charge in [0.05, 0.1) is 19.2 Å². The van der Waals surface area contributed by atoms with Crippen LogP contribution in [0.25, 0.3) is 0 Å². The molecule has 96 valence electrons. The van der Waals surface area contributed by atoms with Crippen molar-refractivity contribution >= 4 is 5.97 Å². The highest BCUT2D eigenvalue weighted by Crippen LogP contribution is 2.19. The highest BCUT2D eigenvalue weighted by Gasteiger charge is 2.35. The van der Waals surface area contributed by atoms with Crippen LogP contribution in [0.4, 0.5) is 13.2 Å². The van der Waals surface area contributed by atoms with Crippen molar-refractivity contribution in [1.82, 2.24) is 4.90 Å². The van der Waals surface area contributed by atoms with E-state index in [0.29, 0.717) is 0 Å². The van der Waals surface area contributed by atoms with E-state index in [-0.39, 0.29) is 0 Å². The minimum atomic E-state index is -4.42. The number of hydrogen-bond acceptors (Lipinski definition) is 3. The van der Waals surface area contributed by atoms with Gasteiger partial charge in [-0.3, -0.25) is 9.69 Å². The lowest BCUT2D eigenvalue weighted by atomic mass is 10.1. The van der Waals surface area contributed by atoms with Gasteiger partial charge in [0, 0.05) is 13.2 Å². The molecule has 0 aromatic carbocycles. The normalized spacial score (nSPS) is 16.2. The van der Waals surface area contributed by atoms with Crippen LogP contribution in [0.1, 0.15) is 13.8 Å². The molecule has 0 aliphatic carbocycles. The number of carboxylic acids is 1. The predicted octanol–water partition coefficient (Wildman–Crippen LogP) is 1.36. The maximum atomic E-state index is 12.2. The summed E-state index contributed by atoms with van der Waals surface area (Å²) in [5.74, 6) is -1.29. The first-order valence-electron chi connectivity index (χ1n) is 4.72. The van der Waals surface area contributed by atoms with Crippen molar-refractivity contribution in [3.8, 4) is 0 Å². The van der Waals surface area contributed by atoms with Gasteiger partial charge in [-0.2, -0.15) is 13.2 Å². The van der Waals surface area contributed by atoms with E-state index in [0.717, 1.165) is 4.90 Å². The molecule has 0 radical (unpaired) electrons. The van der Waals surface area contributed by atoms with Gasteiger partial charge in [0.25, 0.3) is 0 Å². The van der Waals surface area contributed by atoms with Crippen LogP contribution in [0.3, 0.4) is 0 Å². The molecule has 0 aliphatic rings. The maximum Gasteiger partial charge on any atom is 0.401 e. The molecule has 4 nitrogen and oxygen atoms in total. The number of carbonyl (C=O) groups is 1. The first kappa shape index (κ1) is 15.2. The van der Waals surface area contributed by atoms with Crippen LogP contribution >= 0.6 is 0 Å². The second-order valence-electron chi connectivity index (χ2n) is 3.60. The monoisotopic (exact) mass is 243 g/mol. The Morgan fingerprint density at radius 2 is 1.94 bits per heavy atom. The molecule has 0 spiro atoms. The fourth-order valence-corrected chi connectivity index (χ4v) is 1.24. The van der Waals surface area contributed by atoms with E-state index in [4.69, 9.17) is 9.84 Å². The molecule has 1 N–H and O–H groups in total. The third kappa shape index (κ3) is 5.92. The quantitative estimate of drug-likeness (QED) is 0.765. The second kappa shape index (κ2) is 6.05. The molecule has 0 saturated heterocycles. The van der Waals surface area contributed by atoms with E-state index in [1.54, 1.807) is 6.92 Å². The molecular formula is C9H16F3NO3. The topological polar surface area (TPSA) is 49.8 Å². The number of carboxylic acid groups (broad SMARTS) is 1. The number of ether oxygens (including phenoxy) is 1. The lowest BCUT2D eigenvalue weighted by molar-refractivity contribution is -0.161. The number of halogens is 3. The zero-order valence-electron chi connectivity index (χ0n) is 9.41. The van der Waals surface area contributed by atoms with E-state index < -0.39 is 37.4 Å². The smallest absolute Gasteiger partial charge is 0.401 e. The van der Waals surface area contributed by atoms with Crippen LogP contribution < -0.4 is 0 Å². The third-order valence-corrected chi connectivity index (χ3v) is 2.35. The summed E-state index contributed by atoms with van der Waals surface area (Å²) in [6.07, 6.45) is -4.89. The first-order valence-corrected chi connectivity index (χ1v) is 4.72. The number of aliphatic carboxylic acids is 1. The molecule has 0 rings (SSSR count).